The Bertz CT molecular complexity index is 1280. The Balaban J connectivity index is 1.81. The minimum absolute atomic E-state index is 0.0827. The van der Waals surface area contributed by atoms with E-state index in [-0.39, 0.29) is 29.5 Å². The molecule has 2 aromatic carbocycles. The van der Waals surface area contributed by atoms with Crippen molar-refractivity contribution < 1.29 is 28.6 Å². The summed E-state index contributed by atoms with van der Waals surface area (Å²) in [5, 5.41) is 10.5. The highest BCUT2D eigenvalue weighted by molar-refractivity contribution is 6.02. The molecular formula is C27H31FN4O5. The quantitative estimate of drug-likeness (QED) is 0.351. The third-order valence-corrected chi connectivity index (χ3v) is 6.21. The number of carbonyl (C=O) groups excluding carboxylic acids is 1. The van der Waals surface area contributed by atoms with Crippen LogP contribution in [0.25, 0.3) is 22.0 Å². The second-order valence-corrected chi connectivity index (χ2v) is 10.3. The van der Waals surface area contributed by atoms with Crippen molar-refractivity contribution in [3.63, 3.8) is 0 Å². The standard InChI is InChI=1S/C27H31FN4O5/c1-27(2,3)37-26(35)36-22-14-19(18-5-7-20(28)8-6-18)13-21-23(22)29-16-30-24(21)32(25(33)34)15-17-9-11-31(4)12-10-17/h5-8,13-14,16-17H,9-12,15H2,1-4H3,(H,33,34). The van der Waals surface area contributed by atoms with Gasteiger partial charge in [0.05, 0.1) is 0 Å². The van der Waals surface area contributed by atoms with E-state index >= 15 is 0 Å². The molecule has 1 aliphatic rings. The topological polar surface area (TPSA) is 105 Å². The first-order valence-electron chi connectivity index (χ1n) is 12.1. The zero-order valence-electron chi connectivity index (χ0n) is 21.4. The predicted octanol–water partition coefficient (Wildman–Crippen LogP) is 5.58. The lowest BCUT2D eigenvalue weighted by Crippen LogP contribution is -2.39. The van der Waals surface area contributed by atoms with Crippen molar-refractivity contribution in [2.24, 2.45) is 5.92 Å². The molecule has 0 radical (unpaired) electrons. The Labute approximate surface area is 214 Å². The molecule has 0 bridgehead atoms. The maximum atomic E-state index is 13.6. The fraction of sp³-hybridized carbons (Fsp3) is 0.407. The molecule has 0 atom stereocenters. The number of halogens is 1. The average molecular weight is 511 g/mol. The van der Waals surface area contributed by atoms with Crippen molar-refractivity contribution in [1.82, 2.24) is 14.9 Å². The number of carboxylic acid groups (broad SMARTS) is 1. The number of hydrogen-bond acceptors (Lipinski definition) is 7. The molecule has 1 aliphatic heterocycles. The third-order valence-electron chi connectivity index (χ3n) is 6.21. The fourth-order valence-corrected chi connectivity index (χ4v) is 4.34. The Morgan fingerprint density at radius 3 is 2.41 bits per heavy atom. The van der Waals surface area contributed by atoms with Gasteiger partial charge < -0.3 is 19.5 Å². The first-order valence-corrected chi connectivity index (χ1v) is 12.1. The van der Waals surface area contributed by atoms with E-state index < -0.39 is 23.7 Å². The van der Waals surface area contributed by atoms with Gasteiger partial charge in [-0.2, -0.15) is 0 Å². The van der Waals surface area contributed by atoms with E-state index in [2.05, 4.69) is 14.9 Å². The second-order valence-electron chi connectivity index (χ2n) is 10.3. The summed E-state index contributed by atoms with van der Waals surface area (Å²) in [6.45, 7) is 7.22. The number of hydrogen-bond donors (Lipinski definition) is 1. The number of amides is 1. The number of carbonyl (C=O) groups is 2. The molecule has 1 saturated heterocycles. The number of nitrogens with zero attached hydrogens (tertiary/aromatic N) is 4. The summed E-state index contributed by atoms with van der Waals surface area (Å²) in [5.74, 6) is 0.0535. The molecule has 1 fully saturated rings. The molecule has 0 saturated carbocycles. The van der Waals surface area contributed by atoms with Crippen LogP contribution in [0.4, 0.5) is 19.8 Å². The number of fused-ring (bicyclic) bond motifs is 1. The molecule has 10 heteroatoms. The molecule has 196 valence electrons. The number of anilines is 1. The second kappa shape index (κ2) is 10.7. The first-order chi connectivity index (χ1) is 17.5. The monoisotopic (exact) mass is 510 g/mol. The van der Waals surface area contributed by atoms with Gasteiger partial charge in [0.25, 0.3) is 0 Å². The maximum absolute atomic E-state index is 13.6. The van der Waals surface area contributed by atoms with Crippen LogP contribution in [0.1, 0.15) is 33.6 Å². The van der Waals surface area contributed by atoms with Gasteiger partial charge in [0.15, 0.2) is 5.75 Å². The third kappa shape index (κ3) is 6.51. The molecule has 1 amide bonds. The molecule has 1 aromatic heterocycles. The van der Waals surface area contributed by atoms with Crippen molar-refractivity contribution in [3.05, 3.63) is 48.5 Å². The Hall–Kier alpha value is -3.79. The summed E-state index contributed by atoms with van der Waals surface area (Å²) in [4.78, 5) is 37.0. The van der Waals surface area contributed by atoms with Gasteiger partial charge >= 0.3 is 12.2 Å². The van der Waals surface area contributed by atoms with Crippen LogP contribution in [-0.2, 0) is 4.74 Å². The molecule has 4 rings (SSSR count). The van der Waals surface area contributed by atoms with E-state index in [1.54, 1.807) is 45.0 Å². The minimum Gasteiger partial charge on any atom is -0.465 e. The zero-order chi connectivity index (χ0) is 26.7. The van der Waals surface area contributed by atoms with Crippen molar-refractivity contribution in [3.8, 4) is 16.9 Å². The molecule has 1 N–H and O–H groups in total. The molecule has 0 spiro atoms. The zero-order valence-corrected chi connectivity index (χ0v) is 21.4. The minimum atomic E-state index is -1.14. The molecule has 3 aromatic rings. The number of aromatic nitrogens is 2. The Morgan fingerprint density at radius 1 is 1.11 bits per heavy atom. The highest BCUT2D eigenvalue weighted by atomic mass is 19.1. The van der Waals surface area contributed by atoms with Gasteiger partial charge in [0.1, 0.15) is 29.1 Å². The lowest BCUT2D eigenvalue weighted by atomic mass is 9.96. The number of likely N-dealkylation sites (tertiary alicyclic amines) is 1. The van der Waals surface area contributed by atoms with Crippen LogP contribution in [0.15, 0.2) is 42.7 Å². The SMILES string of the molecule is CN1CCC(CN(C(=O)O)c2ncnc3c(OC(=O)OC(C)(C)C)cc(-c4ccc(F)cc4)cc23)CC1. The van der Waals surface area contributed by atoms with Crippen LogP contribution >= 0.6 is 0 Å². The van der Waals surface area contributed by atoms with Gasteiger partial charge in [-0.05, 0) is 95.1 Å². The van der Waals surface area contributed by atoms with Crippen molar-refractivity contribution >= 4 is 29.0 Å². The maximum Gasteiger partial charge on any atom is 0.514 e. The largest absolute Gasteiger partial charge is 0.514 e. The van der Waals surface area contributed by atoms with Crippen LogP contribution in [0.3, 0.4) is 0 Å². The predicted molar refractivity (Wildman–Crippen MR) is 137 cm³/mol. The van der Waals surface area contributed by atoms with Crippen LogP contribution in [0, 0.1) is 11.7 Å². The van der Waals surface area contributed by atoms with Gasteiger partial charge in [0.2, 0.25) is 0 Å². The number of piperidine rings is 1. The fourth-order valence-electron chi connectivity index (χ4n) is 4.34. The summed E-state index contributed by atoms with van der Waals surface area (Å²) >= 11 is 0. The molecular weight excluding hydrogens is 479 g/mol. The summed E-state index contributed by atoms with van der Waals surface area (Å²) in [7, 11) is 2.05. The lowest BCUT2D eigenvalue weighted by Gasteiger charge is -2.32. The number of benzene rings is 2. The van der Waals surface area contributed by atoms with Crippen LogP contribution in [0.5, 0.6) is 5.75 Å². The van der Waals surface area contributed by atoms with Crippen molar-refractivity contribution in [2.75, 3.05) is 31.6 Å². The van der Waals surface area contributed by atoms with Crippen LogP contribution in [-0.4, -0.2) is 64.5 Å². The summed E-state index contributed by atoms with van der Waals surface area (Å²) in [6, 6.07) is 9.14. The Kier molecular flexibility index (Phi) is 7.58. The van der Waals surface area contributed by atoms with E-state index in [1.165, 1.54) is 23.4 Å². The first kappa shape index (κ1) is 26.3. The Morgan fingerprint density at radius 2 is 1.78 bits per heavy atom. The lowest BCUT2D eigenvalue weighted by molar-refractivity contribution is 0.0209. The average Bonchev–Trinajstić information content (AvgIpc) is 2.82. The van der Waals surface area contributed by atoms with Gasteiger partial charge in [0, 0.05) is 11.9 Å². The van der Waals surface area contributed by atoms with E-state index in [0.29, 0.717) is 16.5 Å². The summed E-state index contributed by atoms with van der Waals surface area (Å²) < 4.78 is 24.5. The van der Waals surface area contributed by atoms with Crippen LogP contribution < -0.4 is 9.64 Å². The summed E-state index contributed by atoms with van der Waals surface area (Å²) in [5.41, 5.74) is 0.697. The highest BCUT2D eigenvalue weighted by Crippen LogP contribution is 2.36. The smallest absolute Gasteiger partial charge is 0.465 e. The van der Waals surface area contributed by atoms with E-state index in [0.717, 1.165) is 25.9 Å². The molecule has 0 aliphatic carbocycles. The molecule has 37 heavy (non-hydrogen) atoms. The van der Waals surface area contributed by atoms with Gasteiger partial charge in [-0.1, -0.05) is 12.1 Å². The van der Waals surface area contributed by atoms with Crippen molar-refractivity contribution in [1.29, 1.82) is 0 Å². The summed E-state index contributed by atoms with van der Waals surface area (Å²) in [6.07, 6.45) is 0.933. The molecule has 2 heterocycles. The normalized spacial score (nSPS) is 14.9. The van der Waals surface area contributed by atoms with Crippen molar-refractivity contribution in [2.45, 2.75) is 39.2 Å². The molecule has 9 nitrogen and oxygen atoms in total. The molecule has 0 unspecified atom stereocenters. The van der Waals surface area contributed by atoms with E-state index in [4.69, 9.17) is 9.47 Å². The highest BCUT2D eigenvalue weighted by Gasteiger charge is 2.27. The van der Waals surface area contributed by atoms with E-state index in [1.807, 2.05) is 7.05 Å². The van der Waals surface area contributed by atoms with Crippen LogP contribution in [0.2, 0.25) is 0 Å². The van der Waals surface area contributed by atoms with Gasteiger partial charge in [-0.3, -0.25) is 4.90 Å². The number of ether oxygens (including phenoxy) is 2. The van der Waals surface area contributed by atoms with E-state index in [9.17, 15) is 19.1 Å². The van der Waals surface area contributed by atoms with Gasteiger partial charge in [-0.25, -0.2) is 23.9 Å². The number of rotatable bonds is 5. The van der Waals surface area contributed by atoms with Gasteiger partial charge in [-0.15, -0.1) is 0 Å².